The molecule has 4 aromatic rings. The summed E-state index contributed by atoms with van der Waals surface area (Å²) in [5.41, 5.74) is 3.96. The monoisotopic (exact) mass is 513 g/mol. The van der Waals surface area contributed by atoms with Gasteiger partial charge in [-0.1, -0.05) is 24.3 Å². The molecule has 1 aliphatic heterocycles. The minimum atomic E-state index is -0.218. The van der Waals surface area contributed by atoms with Gasteiger partial charge >= 0.3 is 6.03 Å². The summed E-state index contributed by atoms with van der Waals surface area (Å²) in [6, 6.07) is 19.0. The molecule has 1 aliphatic rings. The van der Waals surface area contributed by atoms with Gasteiger partial charge in [-0.05, 0) is 54.8 Å². The van der Waals surface area contributed by atoms with Crippen LogP contribution in [0.4, 0.5) is 10.5 Å². The summed E-state index contributed by atoms with van der Waals surface area (Å²) in [5, 5.41) is 6.70. The molecule has 1 unspecified atom stereocenters. The summed E-state index contributed by atoms with van der Waals surface area (Å²) in [6.45, 7) is 4.82. The van der Waals surface area contributed by atoms with Gasteiger partial charge in [0.2, 0.25) is 5.88 Å². The van der Waals surface area contributed by atoms with Gasteiger partial charge in [0.15, 0.2) is 11.5 Å². The number of carbonyl (C=O) groups is 1. The van der Waals surface area contributed by atoms with Gasteiger partial charge in [-0.3, -0.25) is 4.90 Å². The highest BCUT2D eigenvalue weighted by Crippen LogP contribution is 2.35. The first kappa shape index (κ1) is 25.3. The Morgan fingerprint density at radius 1 is 1.03 bits per heavy atom. The average Bonchev–Trinajstić information content (AvgIpc) is 3.36. The lowest BCUT2D eigenvalue weighted by Crippen LogP contribution is -2.39. The first-order valence-corrected chi connectivity index (χ1v) is 12.5. The van der Waals surface area contributed by atoms with Crippen molar-refractivity contribution in [2.24, 2.45) is 0 Å². The summed E-state index contributed by atoms with van der Waals surface area (Å²) in [6.07, 6.45) is 2.37. The quantitative estimate of drug-likeness (QED) is 0.337. The molecule has 9 heteroatoms. The van der Waals surface area contributed by atoms with E-state index in [1.165, 1.54) is 17.5 Å². The van der Waals surface area contributed by atoms with E-state index in [1.54, 1.807) is 50.6 Å². The fraction of sp³-hybridized carbons (Fsp3) is 0.276. The molecule has 3 aromatic carbocycles. The SMILES string of the molecule is COc1cc2ncnc(Oc3ccc(NC(=O)NC4CCN(Cc5ccccc5C)C4)cc3)c2cc1OC. The lowest BCUT2D eigenvalue weighted by atomic mass is 10.1. The first-order chi connectivity index (χ1) is 18.5. The van der Waals surface area contributed by atoms with E-state index in [4.69, 9.17) is 14.2 Å². The minimum absolute atomic E-state index is 0.114. The Balaban J connectivity index is 1.17. The number of nitrogens with zero attached hydrogens (tertiary/aromatic N) is 3. The van der Waals surface area contributed by atoms with Crippen molar-refractivity contribution in [2.75, 3.05) is 32.6 Å². The van der Waals surface area contributed by atoms with Gasteiger partial charge in [-0.25, -0.2) is 14.8 Å². The first-order valence-electron chi connectivity index (χ1n) is 12.5. The Bertz CT molecular complexity index is 1430. The summed E-state index contributed by atoms with van der Waals surface area (Å²) in [5.74, 6) is 2.11. The molecule has 38 heavy (non-hydrogen) atoms. The van der Waals surface area contributed by atoms with Gasteiger partial charge in [0.25, 0.3) is 0 Å². The number of aryl methyl sites for hydroxylation is 1. The number of ether oxygens (including phenoxy) is 3. The number of aromatic nitrogens is 2. The highest BCUT2D eigenvalue weighted by atomic mass is 16.5. The molecule has 0 radical (unpaired) electrons. The molecule has 1 aromatic heterocycles. The molecule has 0 spiro atoms. The van der Waals surface area contributed by atoms with E-state index < -0.39 is 0 Å². The molecule has 1 fully saturated rings. The van der Waals surface area contributed by atoms with Crippen molar-refractivity contribution in [1.82, 2.24) is 20.2 Å². The molecular formula is C29H31N5O4. The highest BCUT2D eigenvalue weighted by Gasteiger charge is 2.24. The molecule has 1 saturated heterocycles. The van der Waals surface area contributed by atoms with Crippen molar-refractivity contribution >= 4 is 22.6 Å². The Hall–Kier alpha value is -4.37. The van der Waals surface area contributed by atoms with Crippen molar-refractivity contribution in [1.29, 1.82) is 0 Å². The van der Waals surface area contributed by atoms with E-state index >= 15 is 0 Å². The van der Waals surface area contributed by atoms with Gasteiger partial charge in [-0.2, -0.15) is 0 Å². The minimum Gasteiger partial charge on any atom is -0.493 e. The molecule has 9 nitrogen and oxygen atoms in total. The number of likely N-dealkylation sites (tertiary alicyclic amines) is 1. The number of urea groups is 1. The number of nitrogens with one attached hydrogen (secondary N) is 2. The predicted octanol–water partition coefficient (Wildman–Crippen LogP) is 5.14. The summed E-state index contributed by atoms with van der Waals surface area (Å²) in [7, 11) is 3.15. The van der Waals surface area contributed by atoms with Crippen LogP contribution in [0.15, 0.2) is 67.0 Å². The Labute approximate surface area is 221 Å². The van der Waals surface area contributed by atoms with Crippen LogP contribution < -0.4 is 24.8 Å². The number of hydrogen-bond acceptors (Lipinski definition) is 7. The Morgan fingerprint density at radius 3 is 2.55 bits per heavy atom. The zero-order valence-corrected chi connectivity index (χ0v) is 21.7. The van der Waals surface area contributed by atoms with Gasteiger partial charge in [0.05, 0.1) is 25.1 Å². The zero-order chi connectivity index (χ0) is 26.5. The number of amides is 2. The number of hydrogen-bond donors (Lipinski definition) is 2. The molecule has 2 N–H and O–H groups in total. The van der Waals surface area contributed by atoms with Crippen LogP contribution in [-0.4, -0.2) is 54.2 Å². The normalized spacial score (nSPS) is 15.3. The third-order valence-electron chi connectivity index (χ3n) is 6.69. The number of anilines is 1. The number of methoxy groups -OCH3 is 2. The second kappa shape index (κ2) is 11.4. The molecule has 5 rings (SSSR count). The maximum Gasteiger partial charge on any atom is 0.319 e. The molecule has 0 bridgehead atoms. The van der Waals surface area contributed by atoms with Crippen LogP contribution in [0.2, 0.25) is 0 Å². The average molecular weight is 514 g/mol. The van der Waals surface area contributed by atoms with Crippen LogP contribution >= 0.6 is 0 Å². The van der Waals surface area contributed by atoms with E-state index in [-0.39, 0.29) is 12.1 Å². The summed E-state index contributed by atoms with van der Waals surface area (Å²) in [4.78, 5) is 23.6. The fourth-order valence-electron chi connectivity index (χ4n) is 4.63. The number of carbonyl (C=O) groups excluding carboxylic acids is 1. The van der Waals surface area contributed by atoms with Gasteiger partial charge in [0, 0.05) is 37.4 Å². The van der Waals surface area contributed by atoms with Crippen LogP contribution in [0.5, 0.6) is 23.1 Å². The van der Waals surface area contributed by atoms with Crippen molar-refractivity contribution in [3.8, 4) is 23.1 Å². The molecule has 1 atom stereocenters. The third kappa shape index (κ3) is 5.78. The maximum atomic E-state index is 12.6. The smallest absolute Gasteiger partial charge is 0.319 e. The largest absolute Gasteiger partial charge is 0.493 e. The van der Waals surface area contributed by atoms with Crippen LogP contribution in [-0.2, 0) is 6.54 Å². The summed E-state index contributed by atoms with van der Waals surface area (Å²) < 4.78 is 16.8. The van der Waals surface area contributed by atoms with E-state index in [0.717, 1.165) is 26.1 Å². The summed E-state index contributed by atoms with van der Waals surface area (Å²) >= 11 is 0. The number of benzene rings is 3. The Morgan fingerprint density at radius 2 is 1.79 bits per heavy atom. The van der Waals surface area contributed by atoms with Crippen LogP contribution in [0, 0.1) is 6.92 Å². The zero-order valence-electron chi connectivity index (χ0n) is 21.7. The highest BCUT2D eigenvalue weighted by molar-refractivity contribution is 5.89. The van der Waals surface area contributed by atoms with Crippen molar-refractivity contribution in [3.63, 3.8) is 0 Å². The molecule has 2 heterocycles. The predicted molar refractivity (Wildman–Crippen MR) is 146 cm³/mol. The molecule has 196 valence electrons. The van der Waals surface area contributed by atoms with Crippen LogP contribution in [0.25, 0.3) is 10.9 Å². The second-order valence-corrected chi connectivity index (χ2v) is 9.28. The number of fused-ring (bicyclic) bond motifs is 1. The Kier molecular flexibility index (Phi) is 7.55. The van der Waals surface area contributed by atoms with Crippen LogP contribution in [0.3, 0.4) is 0 Å². The fourth-order valence-corrected chi connectivity index (χ4v) is 4.63. The topological polar surface area (TPSA) is 97.8 Å². The molecule has 0 saturated carbocycles. The lowest BCUT2D eigenvalue weighted by Gasteiger charge is -2.18. The second-order valence-electron chi connectivity index (χ2n) is 9.28. The lowest BCUT2D eigenvalue weighted by molar-refractivity contribution is 0.247. The van der Waals surface area contributed by atoms with E-state index in [0.29, 0.717) is 39.7 Å². The van der Waals surface area contributed by atoms with Gasteiger partial charge in [0.1, 0.15) is 12.1 Å². The van der Waals surface area contributed by atoms with Gasteiger partial charge < -0.3 is 24.8 Å². The molecular weight excluding hydrogens is 482 g/mol. The van der Waals surface area contributed by atoms with Crippen molar-refractivity contribution in [2.45, 2.75) is 25.9 Å². The van der Waals surface area contributed by atoms with Crippen LogP contribution in [0.1, 0.15) is 17.5 Å². The maximum absolute atomic E-state index is 12.6. The van der Waals surface area contributed by atoms with Crippen molar-refractivity contribution < 1.29 is 19.0 Å². The van der Waals surface area contributed by atoms with Crippen molar-refractivity contribution in [3.05, 3.63) is 78.1 Å². The third-order valence-corrected chi connectivity index (χ3v) is 6.69. The molecule has 0 aliphatic carbocycles. The molecule has 2 amide bonds. The number of rotatable bonds is 8. The van der Waals surface area contributed by atoms with E-state index in [9.17, 15) is 4.79 Å². The van der Waals surface area contributed by atoms with E-state index in [1.807, 2.05) is 0 Å². The van der Waals surface area contributed by atoms with E-state index in [2.05, 4.69) is 56.7 Å². The standard InChI is InChI=1S/C29H31N5O4/c1-19-6-4-5-7-20(19)16-34-13-12-22(17-34)33-29(35)32-21-8-10-23(11-9-21)38-28-24-14-26(36-2)27(37-3)15-25(24)30-18-31-28/h4-11,14-15,18,22H,12-13,16-17H2,1-3H3,(H2,32,33,35). The van der Waals surface area contributed by atoms with Gasteiger partial charge in [-0.15, -0.1) is 0 Å².